The highest BCUT2D eigenvalue weighted by Gasteiger charge is 2.06. The van der Waals surface area contributed by atoms with Crippen LogP contribution in [-0.2, 0) is 0 Å². The van der Waals surface area contributed by atoms with Crippen LogP contribution in [0.25, 0.3) is 0 Å². The third kappa shape index (κ3) is 2.16. The minimum Gasteiger partial charge on any atom is -0.492 e. The van der Waals surface area contributed by atoms with Crippen LogP contribution in [0.4, 0.5) is 5.69 Å². The molecule has 4 nitrogen and oxygen atoms in total. The third-order valence-electron chi connectivity index (χ3n) is 1.80. The van der Waals surface area contributed by atoms with Crippen LogP contribution in [0.5, 0.6) is 5.75 Å². The van der Waals surface area contributed by atoms with E-state index >= 15 is 0 Å². The summed E-state index contributed by atoms with van der Waals surface area (Å²) < 4.78 is 5.25. The van der Waals surface area contributed by atoms with Gasteiger partial charge in [0.15, 0.2) is 0 Å². The molecule has 1 rings (SSSR count). The Morgan fingerprint density at radius 1 is 1.57 bits per heavy atom. The van der Waals surface area contributed by atoms with E-state index in [0.717, 1.165) is 0 Å². The lowest BCUT2D eigenvalue weighted by Crippen LogP contribution is -2.17. The number of hydrogen-bond acceptors (Lipinski definition) is 3. The molecule has 76 valence electrons. The van der Waals surface area contributed by atoms with Gasteiger partial charge in [-0.15, -0.1) is 0 Å². The molecule has 1 aromatic rings. The van der Waals surface area contributed by atoms with Crippen LogP contribution >= 0.6 is 0 Å². The van der Waals surface area contributed by atoms with E-state index in [1.54, 1.807) is 25.2 Å². The van der Waals surface area contributed by atoms with E-state index in [1.165, 1.54) is 0 Å². The summed E-state index contributed by atoms with van der Waals surface area (Å²) in [4.78, 5) is 11.2. The lowest BCUT2D eigenvalue weighted by Gasteiger charge is -2.07. The molecule has 0 saturated carbocycles. The zero-order chi connectivity index (χ0) is 10.6. The van der Waals surface area contributed by atoms with Crippen molar-refractivity contribution in [1.82, 2.24) is 5.32 Å². The van der Waals surface area contributed by atoms with Gasteiger partial charge >= 0.3 is 0 Å². The number of nitrogens with one attached hydrogen (secondary N) is 1. The fraction of sp³-hybridized carbons (Fsp3) is 0.300. The van der Waals surface area contributed by atoms with Crippen LogP contribution in [-0.4, -0.2) is 19.6 Å². The van der Waals surface area contributed by atoms with Gasteiger partial charge in [-0.25, -0.2) is 0 Å². The van der Waals surface area contributed by atoms with Crippen LogP contribution in [0.1, 0.15) is 17.3 Å². The van der Waals surface area contributed by atoms with E-state index in [0.29, 0.717) is 23.6 Å². The molecule has 0 saturated heterocycles. The van der Waals surface area contributed by atoms with Crippen molar-refractivity contribution in [2.24, 2.45) is 0 Å². The molecular formula is C10H14N2O2. The van der Waals surface area contributed by atoms with Gasteiger partial charge in [-0.3, -0.25) is 4.79 Å². The standard InChI is InChI=1S/C10H14N2O2/c1-3-14-9-5-4-7(6-8(9)11)10(13)12-2/h4-6H,3,11H2,1-2H3,(H,12,13). The van der Waals surface area contributed by atoms with E-state index < -0.39 is 0 Å². The first-order valence-corrected chi connectivity index (χ1v) is 4.43. The fourth-order valence-electron chi connectivity index (χ4n) is 1.12. The maximum Gasteiger partial charge on any atom is 0.251 e. The van der Waals surface area contributed by atoms with E-state index in [9.17, 15) is 4.79 Å². The Morgan fingerprint density at radius 3 is 2.79 bits per heavy atom. The summed E-state index contributed by atoms with van der Waals surface area (Å²) in [6.07, 6.45) is 0. The van der Waals surface area contributed by atoms with Crippen molar-refractivity contribution >= 4 is 11.6 Å². The van der Waals surface area contributed by atoms with Crippen LogP contribution in [0.2, 0.25) is 0 Å². The highest BCUT2D eigenvalue weighted by molar-refractivity contribution is 5.95. The molecule has 0 aromatic heterocycles. The molecule has 0 heterocycles. The van der Waals surface area contributed by atoms with Crippen molar-refractivity contribution in [3.8, 4) is 5.75 Å². The Hall–Kier alpha value is -1.71. The molecule has 0 aliphatic carbocycles. The quantitative estimate of drug-likeness (QED) is 0.706. The lowest BCUT2D eigenvalue weighted by molar-refractivity contribution is 0.0963. The summed E-state index contributed by atoms with van der Waals surface area (Å²) in [5.74, 6) is 0.458. The van der Waals surface area contributed by atoms with E-state index in [2.05, 4.69) is 5.32 Å². The van der Waals surface area contributed by atoms with Crippen LogP contribution in [0, 0.1) is 0 Å². The molecule has 0 unspecified atom stereocenters. The predicted octanol–water partition coefficient (Wildman–Crippen LogP) is 1.03. The molecular weight excluding hydrogens is 180 g/mol. The highest BCUT2D eigenvalue weighted by Crippen LogP contribution is 2.22. The summed E-state index contributed by atoms with van der Waals surface area (Å²) >= 11 is 0. The topological polar surface area (TPSA) is 64.3 Å². The van der Waals surface area contributed by atoms with E-state index in [-0.39, 0.29) is 5.91 Å². The van der Waals surface area contributed by atoms with Gasteiger partial charge < -0.3 is 15.8 Å². The summed E-state index contributed by atoms with van der Waals surface area (Å²) in [5.41, 5.74) is 6.71. The van der Waals surface area contributed by atoms with Gasteiger partial charge in [0.1, 0.15) is 5.75 Å². The van der Waals surface area contributed by atoms with E-state index in [1.807, 2.05) is 6.92 Å². The van der Waals surface area contributed by atoms with Gasteiger partial charge in [0.2, 0.25) is 0 Å². The fourth-order valence-corrected chi connectivity index (χ4v) is 1.12. The summed E-state index contributed by atoms with van der Waals surface area (Å²) in [7, 11) is 1.58. The molecule has 0 fully saturated rings. The molecule has 1 amide bonds. The first-order valence-electron chi connectivity index (χ1n) is 4.43. The van der Waals surface area contributed by atoms with Crippen LogP contribution in [0.15, 0.2) is 18.2 Å². The number of rotatable bonds is 3. The normalized spacial score (nSPS) is 9.57. The van der Waals surface area contributed by atoms with Gasteiger partial charge in [-0.05, 0) is 25.1 Å². The highest BCUT2D eigenvalue weighted by atomic mass is 16.5. The number of ether oxygens (including phenoxy) is 1. The molecule has 0 spiro atoms. The van der Waals surface area contributed by atoms with Crippen LogP contribution < -0.4 is 15.8 Å². The lowest BCUT2D eigenvalue weighted by atomic mass is 10.2. The number of anilines is 1. The number of nitrogens with two attached hydrogens (primary N) is 1. The first-order chi connectivity index (χ1) is 6.69. The van der Waals surface area contributed by atoms with E-state index in [4.69, 9.17) is 10.5 Å². The van der Waals surface area contributed by atoms with Crippen molar-refractivity contribution < 1.29 is 9.53 Å². The van der Waals surface area contributed by atoms with Gasteiger partial charge in [0.25, 0.3) is 5.91 Å². The smallest absolute Gasteiger partial charge is 0.251 e. The number of hydrogen-bond donors (Lipinski definition) is 2. The molecule has 0 bridgehead atoms. The maximum atomic E-state index is 11.2. The predicted molar refractivity (Wildman–Crippen MR) is 55.4 cm³/mol. The van der Waals surface area contributed by atoms with Crippen molar-refractivity contribution in [2.75, 3.05) is 19.4 Å². The Kier molecular flexibility index (Phi) is 3.34. The average molecular weight is 194 g/mol. The van der Waals surface area contributed by atoms with Gasteiger partial charge in [0, 0.05) is 12.6 Å². The van der Waals surface area contributed by atoms with Crippen molar-refractivity contribution in [2.45, 2.75) is 6.92 Å². The second-order valence-corrected chi connectivity index (χ2v) is 2.76. The number of carbonyl (C=O) groups excluding carboxylic acids is 1. The van der Waals surface area contributed by atoms with Crippen molar-refractivity contribution in [3.05, 3.63) is 23.8 Å². The molecule has 0 radical (unpaired) electrons. The molecule has 3 N–H and O–H groups in total. The largest absolute Gasteiger partial charge is 0.492 e. The zero-order valence-corrected chi connectivity index (χ0v) is 8.33. The second kappa shape index (κ2) is 4.50. The molecule has 0 aliphatic rings. The van der Waals surface area contributed by atoms with Gasteiger partial charge in [-0.2, -0.15) is 0 Å². The summed E-state index contributed by atoms with van der Waals surface area (Å²) in [6, 6.07) is 4.98. The number of amides is 1. The monoisotopic (exact) mass is 194 g/mol. The molecule has 14 heavy (non-hydrogen) atoms. The number of carbonyl (C=O) groups is 1. The van der Waals surface area contributed by atoms with Crippen LogP contribution in [0.3, 0.4) is 0 Å². The molecule has 0 atom stereocenters. The third-order valence-corrected chi connectivity index (χ3v) is 1.80. The van der Waals surface area contributed by atoms with Gasteiger partial charge in [-0.1, -0.05) is 0 Å². The zero-order valence-electron chi connectivity index (χ0n) is 8.33. The average Bonchev–Trinajstić information content (AvgIpc) is 2.20. The number of benzene rings is 1. The molecule has 4 heteroatoms. The Bertz CT molecular complexity index is 337. The van der Waals surface area contributed by atoms with Crippen molar-refractivity contribution in [3.63, 3.8) is 0 Å². The summed E-state index contributed by atoms with van der Waals surface area (Å²) in [6.45, 7) is 2.44. The second-order valence-electron chi connectivity index (χ2n) is 2.76. The molecule has 0 aliphatic heterocycles. The number of nitrogen functional groups attached to an aromatic ring is 1. The SMILES string of the molecule is CCOc1ccc(C(=O)NC)cc1N. The minimum absolute atomic E-state index is 0.153. The first kappa shape index (κ1) is 10.4. The molecule has 1 aromatic carbocycles. The Balaban J connectivity index is 2.94. The minimum atomic E-state index is -0.153. The summed E-state index contributed by atoms with van der Waals surface area (Å²) in [5, 5.41) is 2.52. The Morgan fingerprint density at radius 2 is 2.29 bits per heavy atom. The van der Waals surface area contributed by atoms with Crippen molar-refractivity contribution in [1.29, 1.82) is 0 Å². The maximum absolute atomic E-state index is 11.2. The van der Waals surface area contributed by atoms with Gasteiger partial charge in [0.05, 0.1) is 12.3 Å². The Labute approximate surface area is 83.1 Å².